The predicted octanol–water partition coefficient (Wildman–Crippen LogP) is 0.726. The number of hydrogen-bond donors (Lipinski definition) is 3. The molecule has 0 unspecified atom stereocenters. The SMILES string of the molecule is O=C(CNC(=O)c1ccc(F)cc1F)NCC1(O)CCC1. The van der Waals surface area contributed by atoms with Gasteiger partial charge >= 0.3 is 0 Å². The van der Waals surface area contributed by atoms with Crippen LogP contribution in [-0.4, -0.2) is 35.6 Å². The monoisotopic (exact) mass is 298 g/mol. The van der Waals surface area contributed by atoms with E-state index >= 15 is 0 Å². The lowest BCUT2D eigenvalue weighted by molar-refractivity contribution is -0.122. The van der Waals surface area contributed by atoms with Gasteiger partial charge in [-0.15, -0.1) is 0 Å². The molecule has 0 heterocycles. The highest BCUT2D eigenvalue weighted by Gasteiger charge is 2.34. The number of nitrogens with one attached hydrogen (secondary N) is 2. The van der Waals surface area contributed by atoms with Gasteiger partial charge < -0.3 is 15.7 Å². The first-order valence-corrected chi connectivity index (χ1v) is 6.62. The Morgan fingerprint density at radius 3 is 2.52 bits per heavy atom. The summed E-state index contributed by atoms with van der Waals surface area (Å²) in [5, 5.41) is 14.5. The van der Waals surface area contributed by atoms with E-state index in [1.165, 1.54) is 0 Å². The molecule has 2 amide bonds. The van der Waals surface area contributed by atoms with E-state index < -0.39 is 29.0 Å². The standard InChI is InChI=1S/C14H16F2N2O3/c15-9-2-3-10(11(16)6-9)13(20)17-7-12(19)18-8-14(21)4-1-5-14/h2-3,6,21H,1,4-5,7-8H2,(H,17,20)(H,18,19). The van der Waals surface area contributed by atoms with Crippen molar-refractivity contribution in [3.63, 3.8) is 0 Å². The van der Waals surface area contributed by atoms with E-state index in [9.17, 15) is 23.5 Å². The van der Waals surface area contributed by atoms with Crippen molar-refractivity contribution >= 4 is 11.8 Å². The topological polar surface area (TPSA) is 78.4 Å². The highest BCUT2D eigenvalue weighted by atomic mass is 19.1. The van der Waals surface area contributed by atoms with Gasteiger partial charge in [0.15, 0.2) is 0 Å². The van der Waals surface area contributed by atoms with Crippen molar-refractivity contribution in [1.29, 1.82) is 0 Å². The smallest absolute Gasteiger partial charge is 0.254 e. The number of aliphatic hydroxyl groups is 1. The Labute approximate surface area is 120 Å². The Kier molecular flexibility index (Phi) is 4.52. The average molecular weight is 298 g/mol. The van der Waals surface area contributed by atoms with Crippen LogP contribution in [0.4, 0.5) is 8.78 Å². The number of carbonyl (C=O) groups excluding carboxylic acids is 2. The molecule has 1 aliphatic rings. The van der Waals surface area contributed by atoms with Gasteiger partial charge in [0.1, 0.15) is 11.6 Å². The van der Waals surface area contributed by atoms with E-state index in [2.05, 4.69) is 10.6 Å². The molecule has 1 aromatic carbocycles. The molecule has 3 N–H and O–H groups in total. The molecule has 114 valence electrons. The first-order valence-electron chi connectivity index (χ1n) is 6.62. The molecule has 0 aromatic heterocycles. The molecule has 0 aliphatic heterocycles. The molecule has 0 atom stereocenters. The zero-order valence-electron chi connectivity index (χ0n) is 11.3. The summed E-state index contributed by atoms with van der Waals surface area (Å²) in [5.41, 5.74) is -1.18. The fraction of sp³-hybridized carbons (Fsp3) is 0.429. The average Bonchev–Trinajstić information content (AvgIpc) is 2.40. The van der Waals surface area contributed by atoms with Crippen LogP contribution in [-0.2, 0) is 4.79 Å². The van der Waals surface area contributed by atoms with Gasteiger partial charge in [0.25, 0.3) is 5.91 Å². The second-order valence-electron chi connectivity index (χ2n) is 5.16. The Balaban J connectivity index is 1.79. The first kappa shape index (κ1) is 15.4. The van der Waals surface area contributed by atoms with Gasteiger partial charge in [-0.25, -0.2) is 8.78 Å². The fourth-order valence-electron chi connectivity index (χ4n) is 2.02. The van der Waals surface area contributed by atoms with E-state index in [1.54, 1.807) is 0 Å². The van der Waals surface area contributed by atoms with Crippen molar-refractivity contribution in [2.45, 2.75) is 24.9 Å². The van der Waals surface area contributed by atoms with Crippen LogP contribution >= 0.6 is 0 Å². The van der Waals surface area contributed by atoms with Gasteiger partial charge in [-0.1, -0.05) is 0 Å². The van der Waals surface area contributed by atoms with Crippen LogP contribution < -0.4 is 10.6 Å². The van der Waals surface area contributed by atoms with E-state index in [0.717, 1.165) is 18.6 Å². The Hall–Kier alpha value is -2.02. The minimum Gasteiger partial charge on any atom is -0.388 e. The maximum Gasteiger partial charge on any atom is 0.254 e. The number of benzene rings is 1. The van der Waals surface area contributed by atoms with Crippen molar-refractivity contribution in [1.82, 2.24) is 10.6 Å². The lowest BCUT2D eigenvalue weighted by Crippen LogP contribution is -2.49. The molecule has 5 nitrogen and oxygen atoms in total. The molecule has 2 rings (SSSR count). The molecular weight excluding hydrogens is 282 g/mol. The Morgan fingerprint density at radius 2 is 1.95 bits per heavy atom. The third kappa shape index (κ3) is 3.98. The van der Waals surface area contributed by atoms with Gasteiger partial charge in [0.2, 0.25) is 5.91 Å². The zero-order valence-corrected chi connectivity index (χ0v) is 11.3. The summed E-state index contributed by atoms with van der Waals surface area (Å²) in [4.78, 5) is 23.2. The molecular formula is C14H16F2N2O3. The van der Waals surface area contributed by atoms with Crippen molar-refractivity contribution in [2.75, 3.05) is 13.1 Å². The van der Waals surface area contributed by atoms with Gasteiger partial charge in [0, 0.05) is 12.6 Å². The molecule has 21 heavy (non-hydrogen) atoms. The Morgan fingerprint density at radius 1 is 1.24 bits per heavy atom. The summed E-state index contributed by atoms with van der Waals surface area (Å²) in [5.74, 6) is -3.05. The van der Waals surface area contributed by atoms with E-state index in [1.807, 2.05) is 0 Å². The fourth-order valence-corrected chi connectivity index (χ4v) is 2.02. The third-order valence-corrected chi connectivity index (χ3v) is 3.48. The van der Waals surface area contributed by atoms with Crippen molar-refractivity contribution < 1.29 is 23.5 Å². The van der Waals surface area contributed by atoms with Crippen LogP contribution in [0, 0.1) is 11.6 Å². The van der Waals surface area contributed by atoms with Crippen LogP contribution in [0.15, 0.2) is 18.2 Å². The van der Waals surface area contributed by atoms with E-state index in [-0.39, 0.29) is 18.7 Å². The molecule has 7 heteroatoms. The minimum absolute atomic E-state index is 0.132. The van der Waals surface area contributed by atoms with Gasteiger partial charge in [-0.3, -0.25) is 9.59 Å². The summed E-state index contributed by atoms with van der Waals surface area (Å²) in [7, 11) is 0. The van der Waals surface area contributed by atoms with Gasteiger partial charge in [-0.2, -0.15) is 0 Å². The molecule has 0 spiro atoms. The molecule has 1 saturated carbocycles. The summed E-state index contributed by atoms with van der Waals surface area (Å²) < 4.78 is 26.1. The van der Waals surface area contributed by atoms with Crippen molar-refractivity contribution in [2.24, 2.45) is 0 Å². The van der Waals surface area contributed by atoms with Gasteiger partial charge in [0.05, 0.1) is 17.7 Å². The molecule has 0 saturated heterocycles. The normalized spacial score (nSPS) is 16.0. The summed E-state index contributed by atoms with van der Waals surface area (Å²) in [6, 6.07) is 2.57. The number of carbonyl (C=O) groups is 2. The van der Waals surface area contributed by atoms with Crippen molar-refractivity contribution in [3.05, 3.63) is 35.4 Å². The molecule has 1 aromatic rings. The van der Waals surface area contributed by atoms with Gasteiger partial charge in [-0.05, 0) is 31.4 Å². The molecule has 0 radical (unpaired) electrons. The second-order valence-corrected chi connectivity index (χ2v) is 5.16. The minimum atomic E-state index is -0.989. The molecule has 0 bridgehead atoms. The van der Waals surface area contributed by atoms with Crippen LogP contribution in [0.25, 0.3) is 0 Å². The highest BCUT2D eigenvalue weighted by molar-refractivity contribution is 5.96. The number of hydrogen-bond acceptors (Lipinski definition) is 3. The number of halogens is 2. The summed E-state index contributed by atoms with van der Waals surface area (Å²) in [6.07, 6.45) is 2.20. The number of amides is 2. The van der Waals surface area contributed by atoms with Crippen molar-refractivity contribution in [3.8, 4) is 0 Å². The molecule has 1 fully saturated rings. The largest absolute Gasteiger partial charge is 0.388 e. The highest BCUT2D eigenvalue weighted by Crippen LogP contribution is 2.30. The van der Waals surface area contributed by atoms with Crippen LogP contribution in [0.2, 0.25) is 0 Å². The predicted molar refractivity (Wildman–Crippen MR) is 70.5 cm³/mol. The lowest BCUT2D eigenvalue weighted by atomic mass is 9.80. The summed E-state index contributed by atoms with van der Waals surface area (Å²) in [6.45, 7) is -0.210. The van der Waals surface area contributed by atoms with Crippen LogP contribution in [0.3, 0.4) is 0 Å². The third-order valence-electron chi connectivity index (χ3n) is 3.48. The lowest BCUT2D eigenvalue weighted by Gasteiger charge is -2.36. The van der Waals surface area contributed by atoms with E-state index in [0.29, 0.717) is 18.9 Å². The maximum absolute atomic E-state index is 13.3. The number of rotatable bonds is 5. The Bertz CT molecular complexity index is 559. The van der Waals surface area contributed by atoms with E-state index in [4.69, 9.17) is 0 Å². The van der Waals surface area contributed by atoms with Crippen LogP contribution in [0.1, 0.15) is 29.6 Å². The second kappa shape index (κ2) is 6.17. The zero-order chi connectivity index (χ0) is 15.5. The first-order chi connectivity index (χ1) is 9.89. The maximum atomic E-state index is 13.3. The van der Waals surface area contributed by atoms with Crippen LogP contribution in [0.5, 0.6) is 0 Å². The summed E-state index contributed by atoms with van der Waals surface area (Å²) >= 11 is 0. The quantitative estimate of drug-likeness (QED) is 0.750. The molecule has 1 aliphatic carbocycles.